The van der Waals surface area contributed by atoms with Crippen molar-refractivity contribution in [1.82, 2.24) is 4.90 Å². The first-order chi connectivity index (χ1) is 12.5. The van der Waals surface area contributed by atoms with Crippen molar-refractivity contribution in [2.75, 3.05) is 6.54 Å². The summed E-state index contributed by atoms with van der Waals surface area (Å²) in [5.74, 6) is -0.140. The predicted octanol–water partition coefficient (Wildman–Crippen LogP) is 3.63. The SMILES string of the molecule is CCc1ccc(S(=O)(=O)/N=C2/SC(c3ccccc3)C(=O)N2CC)cc1. The summed E-state index contributed by atoms with van der Waals surface area (Å²) in [5, 5.41) is -0.238. The molecule has 0 bridgehead atoms. The molecule has 0 saturated carbocycles. The van der Waals surface area contributed by atoms with Gasteiger partial charge in [0.15, 0.2) is 5.17 Å². The van der Waals surface area contributed by atoms with Crippen LogP contribution in [0.5, 0.6) is 0 Å². The van der Waals surface area contributed by atoms with E-state index in [9.17, 15) is 13.2 Å². The van der Waals surface area contributed by atoms with E-state index in [0.29, 0.717) is 6.54 Å². The topological polar surface area (TPSA) is 66.8 Å². The van der Waals surface area contributed by atoms with Gasteiger partial charge in [0.05, 0.1) is 4.90 Å². The van der Waals surface area contributed by atoms with Crippen LogP contribution in [0, 0.1) is 0 Å². The second-order valence-corrected chi connectivity index (χ2v) is 8.51. The number of amides is 1. The molecule has 1 amide bonds. The Labute approximate surface area is 158 Å². The van der Waals surface area contributed by atoms with Gasteiger partial charge in [0, 0.05) is 6.54 Å². The van der Waals surface area contributed by atoms with E-state index in [1.807, 2.05) is 44.2 Å². The van der Waals surface area contributed by atoms with Crippen molar-refractivity contribution >= 4 is 32.9 Å². The first-order valence-electron chi connectivity index (χ1n) is 8.43. The molecule has 3 rings (SSSR count). The van der Waals surface area contributed by atoms with Crippen LogP contribution in [0.15, 0.2) is 63.9 Å². The quantitative estimate of drug-likeness (QED) is 0.784. The molecule has 7 heteroatoms. The lowest BCUT2D eigenvalue weighted by molar-refractivity contribution is -0.126. The van der Waals surface area contributed by atoms with Crippen molar-refractivity contribution in [2.45, 2.75) is 30.4 Å². The zero-order valence-corrected chi connectivity index (χ0v) is 16.3. The van der Waals surface area contributed by atoms with Crippen LogP contribution in [-0.4, -0.2) is 30.9 Å². The van der Waals surface area contributed by atoms with Crippen LogP contribution in [-0.2, 0) is 21.2 Å². The van der Waals surface area contributed by atoms with Crippen LogP contribution < -0.4 is 0 Å². The number of carbonyl (C=O) groups is 1. The number of benzene rings is 2. The monoisotopic (exact) mass is 388 g/mol. The van der Waals surface area contributed by atoms with Crippen molar-refractivity contribution in [3.05, 3.63) is 65.7 Å². The zero-order chi connectivity index (χ0) is 18.7. The third-order valence-electron chi connectivity index (χ3n) is 4.19. The summed E-state index contributed by atoms with van der Waals surface area (Å²) < 4.78 is 29.3. The van der Waals surface area contributed by atoms with Gasteiger partial charge in [-0.25, -0.2) is 0 Å². The molecule has 1 saturated heterocycles. The highest BCUT2D eigenvalue weighted by Crippen LogP contribution is 2.39. The molecule has 1 unspecified atom stereocenters. The van der Waals surface area contributed by atoms with E-state index in [-0.39, 0.29) is 16.0 Å². The Bertz CT molecular complexity index is 923. The Morgan fingerprint density at radius 3 is 2.27 bits per heavy atom. The number of hydrogen-bond donors (Lipinski definition) is 0. The lowest BCUT2D eigenvalue weighted by atomic mass is 10.1. The standard InChI is InChI=1S/C19H20N2O3S2/c1-3-14-10-12-16(13-11-14)26(23,24)20-19-21(4-2)18(22)17(25-19)15-8-6-5-7-9-15/h5-13,17H,3-4H2,1-2H3/b20-19+. The number of hydrogen-bond acceptors (Lipinski definition) is 4. The summed E-state index contributed by atoms with van der Waals surface area (Å²) in [4.78, 5) is 14.2. The number of nitrogens with zero attached hydrogens (tertiary/aromatic N) is 2. The van der Waals surface area contributed by atoms with Gasteiger partial charge in [-0.1, -0.05) is 61.2 Å². The molecule has 1 heterocycles. The van der Waals surface area contributed by atoms with Gasteiger partial charge in [0.2, 0.25) is 5.91 Å². The fourth-order valence-corrected chi connectivity index (χ4v) is 5.14. The lowest BCUT2D eigenvalue weighted by Crippen LogP contribution is -2.30. The summed E-state index contributed by atoms with van der Waals surface area (Å²) in [5.41, 5.74) is 1.90. The molecule has 1 atom stereocenters. The van der Waals surface area contributed by atoms with Gasteiger partial charge in [0.1, 0.15) is 5.25 Å². The van der Waals surface area contributed by atoms with E-state index in [1.165, 1.54) is 16.7 Å². The van der Waals surface area contributed by atoms with Gasteiger partial charge >= 0.3 is 0 Å². The Morgan fingerprint density at radius 2 is 1.69 bits per heavy atom. The minimum Gasteiger partial charge on any atom is -0.290 e. The molecule has 1 aliphatic rings. The Hall–Kier alpha value is -2.12. The van der Waals surface area contributed by atoms with Crippen molar-refractivity contribution in [3.8, 4) is 0 Å². The number of likely N-dealkylation sites (N-methyl/N-ethyl adjacent to an activating group) is 1. The van der Waals surface area contributed by atoms with Gasteiger partial charge in [0.25, 0.3) is 10.0 Å². The second kappa shape index (κ2) is 7.63. The molecular weight excluding hydrogens is 368 g/mol. The first-order valence-corrected chi connectivity index (χ1v) is 10.7. The highest BCUT2D eigenvalue weighted by Gasteiger charge is 2.39. The molecule has 2 aromatic carbocycles. The zero-order valence-electron chi connectivity index (χ0n) is 14.6. The highest BCUT2D eigenvalue weighted by molar-refractivity contribution is 8.15. The van der Waals surface area contributed by atoms with E-state index in [0.717, 1.165) is 17.5 Å². The van der Waals surface area contributed by atoms with Gasteiger partial charge in [-0.15, -0.1) is 4.40 Å². The molecule has 26 heavy (non-hydrogen) atoms. The number of rotatable bonds is 5. The lowest BCUT2D eigenvalue weighted by Gasteiger charge is -2.13. The number of aryl methyl sites for hydroxylation is 1. The van der Waals surface area contributed by atoms with Gasteiger partial charge in [-0.05, 0) is 36.6 Å². The molecule has 0 spiro atoms. The van der Waals surface area contributed by atoms with Gasteiger partial charge < -0.3 is 0 Å². The highest BCUT2D eigenvalue weighted by atomic mass is 32.2. The molecule has 0 aromatic heterocycles. The summed E-state index contributed by atoms with van der Waals surface area (Å²) >= 11 is 1.18. The molecule has 2 aromatic rings. The Balaban J connectivity index is 1.94. The number of carbonyl (C=O) groups excluding carboxylic acids is 1. The minimum absolute atomic E-state index is 0.134. The summed E-state index contributed by atoms with van der Waals surface area (Å²) in [7, 11) is -3.87. The van der Waals surface area contributed by atoms with Crippen LogP contribution in [0.3, 0.4) is 0 Å². The van der Waals surface area contributed by atoms with E-state index in [4.69, 9.17) is 0 Å². The average molecular weight is 389 g/mol. The van der Waals surface area contributed by atoms with Gasteiger partial charge in [-0.2, -0.15) is 8.42 Å². The second-order valence-electron chi connectivity index (χ2n) is 5.84. The van der Waals surface area contributed by atoms with E-state index < -0.39 is 15.3 Å². The Kier molecular flexibility index (Phi) is 5.48. The van der Waals surface area contributed by atoms with Crippen molar-refractivity contribution < 1.29 is 13.2 Å². The maximum atomic E-state index is 12.7. The maximum Gasteiger partial charge on any atom is 0.284 e. The number of amidine groups is 1. The predicted molar refractivity (Wildman–Crippen MR) is 105 cm³/mol. The fourth-order valence-electron chi connectivity index (χ4n) is 2.71. The van der Waals surface area contributed by atoms with Crippen LogP contribution in [0.2, 0.25) is 0 Å². The molecule has 0 aliphatic carbocycles. The first kappa shape index (κ1) is 18.7. The van der Waals surface area contributed by atoms with Crippen LogP contribution in [0.4, 0.5) is 0 Å². The average Bonchev–Trinajstić information content (AvgIpc) is 2.97. The van der Waals surface area contributed by atoms with E-state index >= 15 is 0 Å². The normalized spacial score (nSPS) is 19.3. The maximum absolute atomic E-state index is 12.7. The molecular formula is C19H20N2O3S2. The number of sulfonamides is 1. The Morgan fingerprint density at radius 1 is 1.04 bits per heavy atom. The largest absolute Gasteiger partial charge is 0.290 e. The third-order valence-corrected chi connectivity index (χ3v) is 6.82. The molecule has 1 aliphatic heterocycles. The van der Waals surface area contributed by atoms with E-state index in [1.54, 1.807) is 24.3 Å². The summed E-state index contributed by atoms with van der Waals surface area (Å²) in [6, 6.07) is 16.0. The molecule has 0 radical (unpaired) electrons. The van der Waals surface area contributed by atoms with Crippen molar-refractivity contribution in [3.63, 3.8) is 0 Å². The summed E-state index contributed by atoms with van der Waals surface area (Å²) in [6.45, 7) is 4.19. The van der Waals surface area contributed by atoms with Crippen LogP contribution >= 0.6 is 11.8 Å². The fraction of sp³-hybridized carbons (Fsp3) is 0.263. The minimum atomic E-state index is -3.87. The van der Waals surface area contributed by atoms with Crippen LogP contribution in [0.25, 0.3) is 0 Å². The smallest absolute Gasteiger partial charge is 0.284 e. The molecule has 5 nitrogen and oxygen atoms in total. The summed E-state index contributed by atoms with van der Waals surface area (Å²) in [6.07, 6.45) is 0.835. The molecule has 1 fully saturated rings. The van der Waals surface area contributed by atoms with Crippen molar-refractivity contribution in [1.29, 1.82) is 0 Å². The van der Waals surface area contributed by atoms with Crippen LogP contribution in [0.1, 0.15) is 30.2 Å². The van der Waals surface area contributed by atoms with E-state index in [2.05, 4.69) is 4.40 Å². The van der Waals surface area contributed by atoms with Gasteiger partial charge in [-0.3, -0.25) is 9.69 Å². The van der Waals surface area contributed by atoms with Crippen molar-refractivity contribution in [2.24, 2.45) is 4.40 Å². The molecule has 136 valence electrons. The molecule has 0 N–H and O–H groups in total. The number of thioether (sulfide) groups is 1. The third kappa shape index (κ3) is 3.68.